The van der Waals surface area contributed by atoms with Gasteiger partial charge < -0.3 is 15.6 Å². The first-order valence-electron chi connectivity index (χ1n) is 6.43. The van der Waals surface area contributed by atoms with Crippen LogP contribution in [0.4, 0.5) is 0 Å². The Balaban J connectivity index is 2.62. The van der Waals surface area contributed by atoms with Crippen molar-refractivity contribution in [2.45, 2.75) is 76.5 Å². The van der Waals surface area contributed by atoms with Gasteiger partial charge in [-0.25, -0.2) is 0 Å². The Kier molecular flexibility index (Phi) is 4.55. The van der Waals surface area contributed by atoms with Gasteiger partial charge in [0.25, 0.3) is 0 Å². The van der Waals surface area contributed by atoms with Crippen LogP contribution in [0.1, 0.15) is 59.3 Å². The molecule has 1 aliphatic rings. The average Bonchev–Trinajstić information content (AvgIpc) is 2.12. The van der Waals surface area contributed by atoms with E-state index in [4.69, 9.17) is 10.5 Å². The van der Waals surface area contributed by atoms with Gasteiger partial charge in [-0.3, -0.25) is 4.79 Å². The first-order chi connectivity index (χ1) is 7.73. The van der Waals surface area contributed by atoms with Crippen LogP contribution in [0.3, 0.4) is 0 Å². The van der Waals surface area contributed by atoms with Crippen LogP contribution < -0.4 is 5.73 Å². The minimum atomic E-state index is -0.868. The molecule has 1 fully saturated rings. The zero-order valence-electron chi connectivity index (χ0n) is 11.2. The Morgan fingerprint density at radius 1 is 1.29 bits per heavy atom. The monoisotopic (exact) mass is 243 g/mol. The van der Waals surface area contributed by atoms with Crippen molar-refractivity contribution in [2.24, 2.45) is 5.73 Å². The van der Waals surface area contributed by atoms with Crippen molar-refractivity contribution in [1.29, 1.82) is 0 Å². The molecule has 100 valence electrons. The van der Waals surface area contributed by atoms with Crippen molar-refractivity contribution in [3.63, 3.8) is 0 Å². The standard InChI is InChI=1S/C13H25NO3/c1-12(2,3)17-11(16)13(14)8-4-6-10(15)7-5-9-13/h10,15H,4-9,14H2,1-3H3. The van der Waals surface area contributed by atoms with Crippen molar-refractivity contribution in [1.82, 2.24) is 0 Å². The van der Waals surface area contributed by atoms with Crippen LogP contribution >= 0.6 is 0 Å². The van der Waals surface area contributed by atoms with Crippen LogP contribution in [-0.2, 0) is 9.53 Å². The first kappa shape index (κ1) is 14.5. The number of ether oxygens (including phenoxy) is 1. The van der Waals surface area contributed by atoms with Gasteiger partial charge in [0.15, 0.2) is 0 Å². The zero-order valence-corrected chi connectivity index (χ0v) is 11.2. The van der Waals surface area contributed by atoms with Crippen molar-refractivity contribution in [2.75, 3.05) is 0 Å². The molecule has 1 aliphatic carbocycles. The zero-order chi connectivity index (χ0) is 13.1. The molecule has 0 spiro atoms. The molecule has 1 saturated carbocycles. The smallest absolute Gasteiger partial charge is 0.326 e. The fraction of sp³-hybridized carbons (Fsp3) is 0.923. The molecular formula is C13H25NO3. The third-order valence-corrected chi connectivity index (χ3v) is 3.13. The number of hydrogen-bond donors (Lipinski definition) is 2. The molecular weight excluding hydrogens is 218 g/mol. The number of aliphatic hydroxyl groups is 1. The Bertz CT molecular complexity index is 260. The van der Waals surface area contributed by atoms with Crippen LogP contribution in [0.5, 0.6) is 0 Å². The molecule has 0 unspecified atom stereocenters. The van der Waals surface area contributed by atoms with E-state index in [1.54, 1.807) is 0 Å². The van der Waals surface area contributed by atoms with Crippen molar-refractivity contribution >= 4 is 5.97 Å². The highest BCUT2D eigenvalue weighted by molar-refractivity contribution is 5.80. The van der Waals surface area contributed by atoms with E-state index in [0.717, 1.165) is 25.7 Å². The van der Waals surface area contributed by atoms with Crippen LogP contribution in [0.2, 0.25) is 0 Å². The lowest BCUT2D eigenvalue weighted by atomic mass is 9.84. The molecule has 0 saturated heterocycles. The number of esters is 1. The van der Waals surface area contributed by atoms with E-state index in [0.29, 0.717) is 12.8 Å². The van der Waals surface area contributed by atoms with Crippen LogP contribution in [0.25, 0.3) is 0 Å². The molecule has 0 atom stereocenters. The molecule has 4 heteroatoms. The van der Waals surface area contributed by atoms with Gasteiger partial charge in [0.1, 0.15) is 11.1 Å². The lowest BCUT2D eigenvalue weighted by Gasteiger charge is -2.33. The summed E-state index contributed by atoms with van der Waals surface area (Å²) >= 11 is 0. The summed E-state index contributed by atoms with van der Waals surface area (Å²) in [7, 11) is 0. The first-order valence-corrected chi connectivity index (χ1v) is 6.43. The highest BCUT2D eigenvalue weighted by atomic mass is 16.6. The summed E-state index contributed by atoms with van der Waals surface area (Å²) in [6.45, 7) is 5.54. The molecule has 0 amide bonds. The van der Waals surface area contributed by atoms with E-state index in [1.165, 1.54) is 0 Å². The Hall–Kier alpha value is -0.610. The number of carbonyl (C=O) groups is 1. The molecule has 0 aromatic carbocycles. The maximum Gasteiger partial charge on any atom is 0.326 e. The summed E-state index contributed by atoms with van der Waals surface area (Å²) in [6.07, 6.45) is 3.95. The van der Waals surface area contributed by atoms with E-state index >= 15 is 0 Å². The molecule has 3 N–H and O–H groups in total. The van der Waals surface area contributed by atoms with Gasteiger partial charge in [0, 0.05) is 0 Å². The van der Waals surface area contributed by atoms with Gasteiger partial charge >= 0.3 is 5.97 Å². The second kappa shape index (κ2) is 5.36. The quantitative estimate of drug-likeness (QED) is 0.688. The summed E-state index contributed by atoms with van der Waals surface area (Å²) < 4.78 is 5.38. The van der Waals surface area contributed by atoms with Crippen molar-refractivity contribution in [3.8, 4) is 0 Å². The lowest BCUT2D eigenvalue weighted by molar-refractivity contribution is -0.162. The summed E-state index contributed by atoms with van der Waals surface area (Å²) in [4.78, 5) is 12.1. The second-order valence-electron chi connectivity index (χ2n) is 6.10. The molecule has 0 aliphatic heterocycles. The highest BCUT2D eigenvalue weighted by Crippen LogP contribution is 2.27. The van der Waals surface area contributed by atoms with Gasteiger partial charge in [-0.2, -0.15) is 0 Å². The predicted molar refractivity (Wildman–Crippen MR) is 66.5 cm³/mol. The molecule has 0 radical (unpaired) electrons. The fourth-order valence-electron chi connectivity index (χ4n) is 2.16. The largest absolute Gasteiger partial charge is 0.459 e. The lowest BCUT2D eigenvalue weighted by Crippen LogP contribution is -2.51. The number of aliphatic hydroxyl groups excluding tert-OH is 1. The maximum absolute atomic E-state index is 12.1. The molecule has 0 heterocycles. The normalized spacial score (nSPS) is 31.5. The summed E-state index contributed by atoms with van der Waals surface area (Å²) in [5, 5.41) is 9.55. The Morgan fingerprint density at radius 3 is 2.18 bits per heavy atom. The average molecular weight is 243 g/mol. The minimum absolute atomic E-state index is 0.238. The van der Waals surface area contributed by atoms with Crippen molar-refractivity contribution < 1.29 is 14.6 Å². The van der Waals surface area contributed by atoms with Gasteiger partial charge in [0.2, 0.25) is 0 Å². The summed E-state index contributed by atoms with van der Waals surface area (Å²) in [6, 6.07) is 0. The fourth-order valence-corrected chi connectivity index (χ4v) is 2.16. The van der Waals surface area contributed by atoms with Crippen LogP contribution in [0.15, 0.2) is 0 Å². The molecule has 1 rings (SSSR count). The maximum atomic E-state index is 12.1. The van der Waals surface area contributed by atoms with Gasteiger partial charge in [-0.15, -0.1) is 0 Å². The number of nitrogens with two attached hydrogens (primary N) is 1. The van der Waals surface area contributed by atoms with Gasteiger partial charge in [-0.05, 0) is 59.3 Å². The third-order valence-electron chi connectivity index (χ3n) is 3.13. The number of hydrogen-bond acceptors (Lipinski definition) is 4. The third kappa shape index (κ3) is 4.64. The Morgan fingerprint density at radius 2 is 1.76 bits per heavy atom. The topological polar surface area (TPSA) is 72.5 Å². The molecule has 0 bridgehead atoms. The second-order valence-corrected chi connectivity index (χ2v) is 6.10. The van der Waals surface area contributed by atoms with Crippen LogP contribution in [-0.4, -0.2) is 28.3 Å². The molecule has 0 aromatic rings. The van der Waals surface area contributed by atoms with E-state index in [9.17, 15) is 9.90 Å². The van der Waals surface area contributed by atoms with E-state index in [-0.39, 0.29) is 12.1 Å². The van der Waals surface area contributed by atoms with E-state index in [2.05, 4.69) is 0 Å². The van der Waals surface area contributed by atoms with Crippen molar-refractivity contribution in [3.05, 3.63) is 0 Å². The number of rotatable bonds is 1. The Labute approximate surface area is 104 Å². The highest BCUT2D eigenvalue weighted by Gasteiger charge is 2.38. The molecule has 4 nitrogen and oxygen atoms in total. The molecule has 17 heavy (non-hydrogen) atoms. The van der Waals surface area contributed by atoms with Crippen LogP contribution in [0, 0.1) is 0 Å². The van der Waals surface area contributed by atoms with E-state index < -0.39 is 11.1 Å². The summed E-state index contributed by atoms with van der Waals surface area (Å²) in [5.41, 5.74) is 4.81. The molecule has 0 aromatic heterocycles. The van der Waals surface area contributed by atoms with Gasteiger partial charge in [-0.1, -0.05) is 0 Å². The van der Waals surface area contributed by atoms with Gasteiger partial charge in [0.05, 0.1) is 6.10 Å². The number of carbonyl (C=O) groups excluding carboxylic acids is 1. The summed E-state index contributed by atoms with van der Waals surface area (Å²) in [5.74, 6) is -0.304. The SMILES string of the molecule is CC(C)(C)OC(=O)C1(N)CCCC(O)CCC1. The predicted octanol–water partition coefficient (Wildman–Crippen LogP) is 1.74. The minimum Gasteiger partial charge on any atom is -0.459 e. The van der Waals surface area contributed by atoms with E-state index in [1.807, 2.05) is 20.8 Å².